The lowest BCUT2D eigenvalue weighted by Gasteiger charge is -2.17. The molecule has 0 spiro atoms. The summed E-state index contributed by atoms with van der Waals surface area (Å²) >= 11 is 0. The van der Waals surface area contributed by atoms with E-state index in [4.69, 9.17) is 0 Å². The number of hydrazone groups is 1. The summed E-state index contributed by atoms with van der Waals surface area (Å²) < 4.78 is 0. The molecule has 0 amide bonds. The van der Waals surface area contributed by atoms with E-state index in [-0.39, 0.29) is 0 Å². The van der Waals surface area contributed by atoms with Crippen LogP contribution in [-0.2, 0) is 0 Å². The van der Waals surface area contributed by atoms with E-state index in [1.807, 2.05) is 24.3 Å². The predicted octanol–water partition coefficient (Wildman–Crippen LogP) is 3.36. The van der Waals surface area contributed by atoms with Gasteiger partial charge in [-0.05, 0) is 5.56 Å². The second-order valence-electron chi connectivity index (χ2n) is 2.91. The van der Waals surface area contributed by atoms with E-state index in [0.29, 0.717) is 0 Å². The molecule has 0 bridgehead atoms. The fourth-order valence-corrected chi connectivity index (χ4v) is 1.31. The Balaban J connectivity index is 3.15. The molecule has 0 atom stereocenters. The molecule has 0 unspecified atom stereocenters. The smallest absolute Gasteiger partial charge is 0.0651 e. The first kappa shape index (κ1) is 11.0. The van der Waals surface area contributed by atoms with E-state index in [2.05, 4.69) is 31.6 Å². The van der Waals surface area contributed by atoms with Gasteiger partial charge in [0, 0.05) is 18.5 Å². The number of hydrogen-bond donors (Lipinski definition) is 0. The van der Waals surface area contributed by atoms with Crippen LogP contribution in [-0.4, -0.2) is 11.7 Å². The molecule has 1 aromatic rings. The van der Waals surface area contributed by atoms with Crippen molar-refractivity contribution < 1.29 is 0 Å². The molecule has 15 heavy (non-hydrogen) atoms. The molecule has 0 aliphatic heterocycles. The molecule has 2 heteroatoms. The summed E-state index contributed by atoms with van der Waals surface area (Å²) in [5.41, 5.74) is 2.72. The number of rotatable bonds is 5. The molecule has 0 radical (unpaired) electrons. The third-order valence-electron chi connectivity index (χ3n) is 2.09. The molecular formula is C13H14N2. The van der Waals surface area contributed by atoms with Gasteiger partial charge >= 0.3 is 0 Å². The minimum Gasteiger partial charge on any atom is -0.242 e. The Morgan fingerprint density at radius 1 is 1.27 bits per heavy atom. The molecule has 0 N–H and O–H groups in total. The highest BCUT2D eigenvalue weighted by molar-refractivity contribution is 5.72. The Morgan fingerprint density at radius 3 is 2.47 bits per heavy atom. The van der Waals surface area contributed by atoms with Crippen molar-refractivity contribution in [2.45, 2.75) is 0 Å². The Morgan fingerprint density at radius 2 is 1.93 bits per heavy atom. The maximum absolute atomic E-state index is 3.95. The van der Waals surface area contributed by atoms with Crippen LogP contribution in [0.5, 0.6) is 0 Å². The topological polar surface area (TPSA) is 15.6 Å². The third kappa shape index (κ3) is 2.23. The molecule has 76 valence electrons. The van der Waals surface area contributed by atoms with E-state index in [1.54, 1.807) is 12.3 Å². The Kier molecular flexibility index (Phi) is 3.63. The van der Waals surface area contributed by atoms with Gasteiger partial charge in [-0.1, -0.05) is 50.1 Å². The number of benzene rings is 1. The van der Waals surface area contributed by atoms with E-state index in [0.717, 1.165) is 16.8 Å². The molecule has 0 aromatic heterocycles. The predicted molar refractivity (Wildman–Crippen MR) is 67.2 cm³/mol. The van der Waals surface area contributed by atoms with Crippen LogP contribution in [0.1, 0.15) is 11.1 Å². The highest BCUT2D eigenvalue weighted by atomic mass is 15.4. The van der Waals surface area contributed by atoms with Crippen LogP contribution in [0.3, 0.4) is 0 Å². The third-order valence-corrected chi connectivity index (χ3v) is 2.09. The van der Waals surface area contributed by atoms with Crippen molar-refractivity contribution in [3.8, 4) is 0 Å². The minimum atomic E-state index is 0.732. The lowest BCUT2D eigenvalue weighted by molar-refractivity contribution is 0.582. The lowest BCUT2D eigenvalue weighted by atomic mass is 10.1. The summed E-state index contributed by atoms with van der Waals surface area (Å²) in [6, 6.07) is 7.82. The molecule has 0 saturated heterocycles. The zero-order valence-electron chi connectivity index (χ0n) is 8.69. The van der Waals surface area contributed by atoms with Crippen molar-refractivity contribution >= 4 is 18.5 Å². The van der Waals surface area contributed by atoms with Crippen LogP contribution in [0.4, 0.5) is 0 Å². The van der Waals surface area contributed by atoms with Crippen LogP contribution in [0.25, 0.3) is 11.8 Å². The number of hydrogen-bond acceptors (Lipinski definition) is 2. The minimum absolute atomic E-state index is 0.732. The molecular weight excluding hydrogens is 184 g/mol. The zero-order valence-corrected chi connectivity index (χ0v) is 8.69. The van der Waals surface area contributed by atoms with Crippen LogP contribution in [0.15, 0.2) is 55.3 Å². The Hall–Kier alpha value is -2.09. The molecule has 1 rings (SSSR count). The van der Waals surface area contributed by atoms with Gasteiger partial charge in [-0.3, -0.25) is 0 Å². The van der Waals surface area contributed by atoms with E-state index < -0.39 is 0 Å². The SMILES string of the molecule is C=Cc1ccccc1C(=C)N(C=C)N=C. The fraction of sp³-hybridized carbons (Fsp3) is 0. The van der Waals surface area contributed by atoms with Crippen LogP contribution >= 0.6 is 0 Å². The van der Waals surface area contributed by atoms with Crippen LogP contribution in [0, 0.1) is 0 Å². The summed E-state index contributed by atoms with van der Waals surface area (Å²) in [7, 11) is 0. The van der Waals surface area contributed by atoms with Crippen LogP contribution < -0.4 is 0 Å². The van der Waals surface area contributed by atoms with Gasteiger partial charge in [0.25, 0.3) is 0 Å². The van der Waals surface area contributed by atoms with Crippen molar-refractivity contribution in [3.05, 3.63) is 61.3 Å². The first-order chi connectivity index (χ1) is 7.24. The Labute approximate surface area is 90.5 Å². The number of nitrogens with zero attached hydrogens (tertiary/aromatic N) is 2. The standard InChI is InChI=1S/C13H14N2/c1-5-12-9-7-8-10-13(12)11(3)15(6-2)14-4/h5-10H,1-4H2. The van der Waals surface area contributed by atoms with Crippen LogP contribution in [0.2, 0.25) is 0 Å². The van der Waals surface area contributed by atoms with E-state index in [1.165, 1.54) is 5.01 Å². The van der Waals surface area contributed by atoms with E-state index in [9.17, 15) is 0 Å². The molecule has 0 heterocycles. The Bertz CT molecular complexity index is 397. The summed E-state index contributed by atoms with van der Waals surface area (Å²) in [5.74, 6) is 0. The molecule has 2 nitrogen and oxygen atoms in total. The van der Waals surface area contributed by atoms with Gasteiger partial charge in [0.15, 0.2) is 0 Å². The first-order valence-corrected chi connectivity index (χ1v) is 4.53. The summed E-state index contributed by atoms with van der Waals surface area (Å²) in [6.07, 6.45) is 3.35. The summed E-state index contributed by atoms with van der Waals surface area (Å²) in [4.78, 5) is 0. The van der Waals surface area contributed by atoms with Crippen molar-refractivity contribution in [3.63, 3.8) is 0 Å². The molecule has 0 aliphatic carbocycles. The quantitative estimate of drug-likeness (QED) is 0.523. The second-order valence-corrected chi connectivity index (χ2v) is 2.91. The first-order valence-electron chi connectivity index (χ1n) is 4.53. The highest BCUT2D eigenvalue weighted by Crippen LogP contribution is 2.22. The van der Waals surface area contributed by atoms with Gasteiger partial charge in [-0.25, -0.2) is 5.01 Å². The van der Waals surface area contributed by atoms with E-state index >= 15 is 0 Å². The maximum atomic E-state index is 3.95. The highest BCUT2D eigenvalue weighted by Gasteiger charge is 2.07. The van der Waals surface area contributed by atoms with Crippen molar-refractivity contribution in [1.82, 2.24) is 5.01 Å². The van der Waals surface area contributed by atoms with Crippen molar-refractivity contribution in [2.75, 3.05) is 0 Å². The largest absolute Gasteiger partial charge is 0.242 e. The summed E-state index contributed by atoms with van der Waals surface area (Å²) in [6.45, 7) is 14.8. The van der Waals surface area contributed by atoms with Gasteiger partial charge in [0.1, 0.15) is 0 Å². The molecule has 0 fully saturated rings. The van der Waals surface area contributed by atoms with Gasteiger partial charge in [-0.2, -0.15) is 5.10 Å². The zero-order chi connectivity index (χ0) is 11.3. The fourth-order valence-electron chi connectivity index (χ4n) is 1.31. The maximum Gasteiger partial charge on any atom is 0.0651 e. The monoisotopic (exact) mass is 198 g/mol. The van der Waals surface area contributed by atoms with Gasteiger partial charge in [-0.15, -0.1) is 0 Å². The average molecular weight is 198 g/mol. The second kappa shape index (κ2) is 4.96. The summed E-state index contributed by atoms with van der Waals surface area (Å²) in [5, 5.41) is 5.32. The van der Waals surface area contributed by atoms with Gasteiger partial charge < -0.3 is 0 Å². The van der Waals surface area contributed by atoms with Crippen molar-refractivity contribution in [1.29, 1.82) is 0 Å². The van der Waals surface area contributed by atoms with Crippen molar-refractivity contribution in [2.24, 2.45) is 5.10 Å². The van der Waals surface area contributed by atoms with Gasteiger partial charge in [0.05, 0.1) is 5.70 Å². The normalized spacial score (nSPS) is 9.07. The van der Waals surface area contributed by atoms with Gasteiger partial charge in [0.2, 0.25) is 0 Å². The lowest BCUT2D eigenvalue weighted by Crippen LogP contribution is -2.07. The molecule has 0 saturated carbocycles. The molecule has 1 aromatic carbocycles. The molecule has 0 aliphatic rings. The average Bonchev–Trinajstić information content (AvgIpc) is 2.30.